The van der Waals surface area contributed by atoms with Gasteiger partial charge in [-0.25, -0.2) is 15.0 Å². The van der Waals surface area contributed by atoms with Gasteiger partial charge in [-0.05, 0) is 61.4 Å². The van der Waals surface area contributed by atoms with Crippen LogP contribution in [0.2, 0.25) is 0 Å². The first-order valence-corrected chi connectivity index (χ1v) is 12.2. The molecule has 6 nitrogen and oxygen atoms in total. The minimum atomic E-state index is -0.0484. The summed E-state index contributed by atoms with van der Waals surface area (Å²) >= 11 is 0. The molecule has 0 spiro atoms. The Balaban J connectivity index is 1.84. The maximum Gasteiger partial charge on any atom is 0.265 e. The van der Waals surface area contributed by atoms with Crippen LogP contribution < -0.4 is 5.56 Å². The second-order valence-electron chi connectivity index (χ2n) is 9.62. The zero-order valence-corrected chi connectivity index (χ0v) is 20.5. The number of aromatic nitrogens is 5. The third-order valence-electron chi connectivity index (χ3n) is 6.82. The lowest BCUT2D eigenvalue weighted by Gasteiger charge is -2.13. The largest absolute Gasteiger partial charge is 0.296 e. The van der Waals surface area contributed by atoms with Crippen LogP contribution in [0.4, 0.5) is 0 Å². The molecule has 0 unspecified atom stereocenters. The summed E-state index contributed by atoms with van der Waals surface area (Å²) in [5.41, 5.74) is 5.64. The summed E-state index contributed by atoms with van der Waals surface area (Å²) in [6.07, 6.45) is 2.00. The Morgan fingerprint density at radius 1 is 0.882 bits per heavy atom. The Morgan fingerprint density at radius 2 is 1.56 bits per heavy atom. The highest BCUT2D eigenvalue weighted by molar-refractivity contribution is 6.05. The molecular weight excluding hydrogens is 422 g/mol. The molecule has 6 heteroatoms. The van der Waals surface area contributed by atoms with Gasteiger partial charge in [-0.2, -0.15) is 0 Å². The monoisotopic (exact) mass is 453 g/mol. The topological polar surface area (TPSA) is 65.6 Å². The van der Waals surface area contributed by atoms with E-state index >= 15 is 0 Å². The fraction of sp³-hybridized carbons (Fsp3) is 0.357. The Kier molecular flexibility index (Phi) is 5.68. The zero-order chi connectivity index (χ0) is 24.0. The number of hydrogen-bond acceptors (Lipinski definition) is 4. The summed E-state index contributed by atoms with van der Waals surface area (Å²) in [5, 5.41) is 0.536. The van der Waals surface area contributed by atoms with E-state index in [-0.39, 0.29) is 5.56 Å². The average molecular weight is 454 g/mol. The number of hydrogen-bond donors (Lipinski definition) is 0. The van der Waals surface area contributed by atoms with E-state index in [1.807, 2.05) is 35.8 Å². The van der Waals surface area contributed by atoms with Crippen molar-refractivity contribution in [1.82, 2.24) is 24.1 Å². The van der Waals surface area contributed by atoms with Crippen molar-refractivity contribution in [2.75, 3.05) is 0 Å². The number of fused-ring (bicyclic) bond motifs is 4. The highest BCUT2D eigenvalue weighted by Gasteiger charge is 2.22. The predicted molar refractivity (Wildman–Crippen MR) is 139 cm³/mol. The second kappa shape index (κ2) is 8.67. The average Bonchev–Trinajstić information content (AvgIpc) is 3.14. The molecule has 0 aliphatic rings. The van der Waals surface area contributed by atoms with Crippen molar-refractivity contribution in [3.05, 3.63) is 70.3 Å². The molecule has 0 saturated heterocycles. The van der Waals surface area contributed by atoms with Crippen LogP contribution in [0.3, 0.4) is 0 Å². The Morgan fingerprint density at radius 3 is 2.21 bits per heavy atom. The van der Waals surface area contributed by atoms with Crippen LogP contribution in [0.15, 0.2) is 53.3 Å². The number of aryl methyl sites for hydroxylation is 1. The Labute approximate surface area is 199 Å². The van der Waals surface area contributed by atoms with Crippen molar-refractivity contribution in [3.63, 3.8) is 0 Å². The lowest BCUT2D eigenvalue weighted by molar-refractivity contribution is 0.498. The summed E-state index contributed by atoms with van der Waals surface area (Å²) in [6.45, 7) is 11.3. The molecule has 3 heterocycles. The first kappa shape index (κ1) is 22.3. The number of para-hydroxylation sites is 2. The van der Waals surface area contributed by atoms with Gasteiger partial charge >= 0.3 is 0 Å². The minimum Gasteiger partial charge on any atom is -0.296 e. The van der Waals surface area contributed by atoms with E-state index in [2.05, 4.69) is 52.0 Å². The quantitative estimate of drug-likeness (QED) is 0.309. The van der Waals surface area contributed by atoms with E-state index < -0.39 is 0 Å². The van der Waals surface area contributed by atoms with Gasteiger partial charge < -0.3 is 0 Å². The van der Waals surface area contributed by atoms with Gasteiger partial charge in [0.1, 0.15) is 16.7 Å². The normalized spacial score (nSPS) is 12.9. The second-order valence-corrected chi connectivity index (χ2v) is 9.62. The van der Waals surface area contributed by atoms with Crippen molar-refractivity contribution in [2.45, 2.75) is 59.9 Å². The van der Waals surface area contributed by atoms with Crippen LogP contribution in [0, 0.1) is 12.8 Å². The van der Waals surface area contributed by atoms with Gasteiger partial charge in [0.2, 0.25) is 0 Å². The number of rotatable bonds is 6. The zero-order valence-electron chi connectivity index (χ0n) is 20.5. The van der Waals surface area contributed by atoms with Gasteiger partial charge in [0.05, 0.1) is 11.0 Å². The SMILES string of the molecule is CC[C@H](C)c1ccc(-n2c3nc4ccccc4nc3c3c(=O)n(CCC(C)C)c(C)nc32)cc1. The number of benzene rings is 2. The molecule has 0 amide bonds. The molecule has 0 N–H and O–H groups in total. The summed E-state index contributed by atoms with van der Waals surface area (Å²) in [7, 11) is 0. The van der Waals surface area contributed by atoms with Gasteiger partial charge in [-0.15, -0.1) is 0 Å². The molecule has 0 radical (unpaired) electrons. The summed E-state index contributed by atoms with van der Waals surface area (Å²) in [4.78, 5) is 28.6. The third-order valence-corrected chi connectivity index (χ3v) is 6.82. The van der Waals surface area contributed by atoms with Crippen molar-refractivity contribution in [2.24, 2.45) is 5.92 Å². The maximum absolute atomic E-state index is 13.8. The fourth-order valence-electron chi connectivity index (χ4n) is 4.51. The molecule has 34 heavy (non-hydrogen) atoms. The summed E-state index contributed by atoms with van der Waals surface area (Å²) in [6, 6.07) is 16.3. The van der Waals surface area contributed by atoms with Crippen LogP contribution in [0.25, 0.3) is 38.9 Å². The van der Waals surface area contributed by atoms with Gasteiger partial charge in [0, 0.05) is 12.2 Å². The molecular formula is C28H31N5O. The molecule has 5 rings (SSSR count). The standard InChI is InChI=1S/C28H31N5O/c1-6-18(4)20-11-13-21(14-12-20)33-26-24(28(34)32(19(5)29-26)16-15-17(2)3)25-27(33)31-23-10-8-7-9-22(23)30-25/h7-14,17-18H,6,15-16H2,1-5H3/t18-/m0/s1. The first-order chi connectivity index (χ1) is 16.4. The van der Waals surface area contributed by atoms with Crippen LogP contribution >= 0.6 is 0 Å². The lowest BCUT2D eigenvalue weighted by Crippen LogP contribution is -2.24. The van der Waals surface area contributed by atoms with E-state index in [1.165, 1.54) is 5.56 Å². The summed E-state index contributed by atoms with van der Waals surface area (Å²) in [5.74, 6) is 1.70. The third kappa shape index (κ3) is 3.67. The minimum absolute atomic E-state index is 0.0484. The van der Waals surface area contributed by atoms with Gasteiger partial charge in [0.25, 0.3) is 5.56 Å². The highest BCUT2D eigenvalue weighted by atomic mass is 16.1. The van der Waals surface area contributed by atoms with E-state index in [0.29, 0.717) is 46.4 Å². The van der Waals surface area contributed by atoms with E-state index in [0.717, 1.165) is 29.6 Å². The van der Waals surface area contributed by atoms with E-state index in [1.54, 1.807) is 4.57 Å². The van der Waals surface area contributed by atoms with Gasteiger partial charge in [-0.3, -0.25) is 13.9 Å². The van der Waals surface area contributed by atoms with Crippen molar-refractivity contribution in [1.29, 1.82) is 0 Å². The van der Waals surface area contributed by atoms with Crippen LogP contribution in [-0.2, 0) is 6.54 Å². The van der Waals surface area contributed by atoms with Crippen LogP contribution in [0.5, 0.6) is 0 Å². The molecule has 3 aromatic heterocycles. The molecule has 0 aliphatic carbocycles. The number of nitrogens with zero attached hydrogens (tertiary/aromatic N) is 5. The van der Waals surface area contributed by atoms with Crippen LogP contribution in [0.1, 0.15) is 57.8 Å². The molecule has 174 valence electrons. The molecule has 0 fully saturated rings. The van der Waals surface area contributed by atoms with Crippen molar-refractivity contribution < 1.29 is 0 Å². The molecule has 0 saturated carbocycles. The van der Waals surface area contributed by atoms with Crippen molar-refractivity contribution in [3.8, 4) is 5.69 Å². The van der Waals surface area contributed by atoms with E-state index in [9.17, 15) is 4.79 Å². The molecule has 0 bridgehead atoms. The van der Waals surface area contributed by atoms with E-state index in [4.69, 9.17) is 15.0 Å². The predicted octanol–water partition coefficient (Wildman–Crippen LogP) is 6.15. The van der Waals surface area contributed by atoms with Crippen LogP contribution in [-0.4, -0.2) is 24.1 Å². The molecule has 0 aliphatic heterocycles. The molecule has 2 aromatic carbocycles. The fourth-order valence-corrected chi connectivity index (χ4v) is 4.51. The Bertz CT molecular complexity index is 1560. The maximum atomic E-state index is 13.8. The Hall–Kier alpha value is -3.54. The van der Waals surface area contributed by atoms with Gasteiger partial charge in [-0.1, -0.05) is 52.0 Å². The molecule has 5 aromatic rings. The first-order valence-electron chi connectivity index (χ1n) is 12.2. The highest BCUT2D eigenvalue weighted by Crippen LogP contribution is 2.29. The van der Waals surface area contributed by atoms with Crippen molar-refractivity contribution >= 4 is 33.2 Å². The van der Waals surface area contributed by atoms with Gasteiger partial charge in [0.15, 0.2) is 11.3 Å². The smallest absolute Gasteiger partial charge is 0.265 e. The molecule has 1 atom stereocenters. The lowest BCUT2D eigenvalue weighted by atomic mass is 9.99. The summed E-state index contributed by atoms with van der Waals surface area (Å²) < 4.78 is 3.78.